The van der Waals surface area contributed by atoms with Crippen molar-refractivity contribution < 1.29 is 38.2 Å². The highest BCUT2D eigenvalue weighted by molar-refractivity contribution is 6.61. The number of carbonyl (C=O) groups excluding carboxylic acids is 6. The highest BCUT2D eigenvalue weighted by Crippen LogP contribution is 2.16. The van der Waals surface area contributed by atoms with E-state index in [1.165, 1.54) is 25.9 Å². The van der Waals surface area contributed by atoms with Gasteiger partial charge >= 0.3 is 23.8 Å². The number of ether oxygens (including phenoxy) is 2. The van der Waals surface area contributed by atoms with E-state index in [1.807, 2.05) is 6.92 Å². The zero-order valence-corrected chi connectivity index (χ0v) is 17.3. The van der Waals surface area contributed by atoms with E-state index in [-0.39, 0.29) is 18.4 Å². The Hall–Kier alpha value is -2.25. The zero-order chi connectivity index (χ0) is 22.2. The molecule has 2 aliphatic heterocycles. The second kappa shape index (κ2) is 24.8. The van der Waals surface area contributed by atoms with Crippen molar-refractivity contribution in [3.63, 3.8) is 0 Å². The summed E-state index contributed by atoms with van der Waals surface area (Å²) in [5.41, 5.74) is -0.738. The summed E-state index contributed by atoms with van der Waals surface area (Å²) in [5, 5.41) is 3.22. The van der Waals surface area contributed by atoms with Gasteiger partial charge in [-0.25, -0.2) is 9.59 Å². The lowest BCUT2D eigenvalue weighted by Crippen LogP contribution is -2.34. The fourth-order valence-corrected chi connectivity index (χ4v) is 2.26. The topological polar surface area (TPSA) is 136 Å². The molecule has 1 atom stereocenters. The molecule has 2 saturated heterocycles. The Morgan fingerprint density at radius 3 is 1.68 bits per heavy atom. The Kier molecular flexibility index (Phi) is 26.9. The van der Waals surface area contributed by atoms with Crippen LogP contribution >= 0.6 is 11.6 Å². The van der Waals surface area contributed by atoms with Crippen molar-refractivity contribution >= 4 is 35.4 Å². The fraction of sp³-hybridized carbons (Fsp3) is 0.765. The summed E-state index contributed by atoms with van der Waals surface area (Å²) >= 11 is 4.72. The van der Waals surface area contributed by atoms with Gasteiger partial charge in [-0.3, -0.25) is 0 Å². The summed E-state index contributed by atoms with van der Waals surface area (Å²) in [5.74, 6) is 0. The second-order valence-electron chi connectivity index (χ2n) is 5.18. The summed E-state index contributed by atoms with van der Waals surface area (Å²) in [6, 6.07) is 0.369. The quantitative estimate of drug-likeness (QED) is 0.661. The van der Waals surface area contributed by atoms with Gasteiger partial charge in [0, 0.05) is 24.2 Å². The predicted octanol–water partition coefficient (Wildman–Crippen LogP) is 2.21. The Bertz CT molecular complexity index is 440. The maximum Gasteiger partial charge on any atom is 0.409 e. The monoisotopic (exact) mass is 424 g/mol. The summed E-state index contributed by atoms with van der Waals surface area (Å²) in [4.78, 5) is 55.0. The van der Waals surface area contributed by atoms with Crippen molar-refractivity contribution in [2.24, 2.45) is 0 Å². The lowest BCUT2D eigenvalue weighted by molar-refractivity contribution is -0.193. The van der Waals surface area contributed by atoms with E-state index in [2.05, 4.69) is 17.0 Å². The highest BCUT2D eigenvalue weighted by atomic mass is 35.5. The van der Waals surface area contributed by atoms with Crippen LogP contribution in [-0.4, -0.2) is 67.6 Å². The molecule has 0 spiro atoms. The Morgan fingerprint density at radius 2 is 1.46 bits per heavy atom. The Labute approximate surface area is 169 Å². The van der Waals surface area contributed by atoms with Gasteiger partial charge in [0.2, 0.25) is 0 Å². The molecule has 10 nitrogen and oxygen atoms in total. The molecule has 1 N–H and O–H groups in total. The van der Waals surface area contributed by atoms with Gasteiger partial charge in [-0.1, -0.05) is 0 Å². The standard InChI is InChI=1S/C8H15NO2.C4H9N.C3H5ClO2.2CO2/c1-3-11-8(10)9-6-4-5-7(9)2;1-2-4-5-3-1;1-2-6-3(4)5;2*2-1-3/h7H,3-6H2,1-2H3;5H,1-4H2;2H2,1H3;;/t7-;;;;/m1..../s1. The molecule has 1 amide bonds. The van der Waals surface area contributed by atoms with Gasteiger partial charge in [-0.15, -0.1) is 0 Å². The van der Waals surface area contributed by atoms with Gasteiger partial charge in [0.1, 0.15) is 0 Å². The van der Waals surface area contributed by atoms with Crippen molar-refractivity contribution in [2.45, 2.75) is 52.5 Å². The van der Waals surface area contributed by atoms with Gasteiger partial charge in [-0.2, -0.15) is 19.2 Å². The number of halogens is 1. The van der Waals surface area contributed by atoms with Crippen LogP contribution in [0.15, 0.2) is 0 Å². The summed E-state index contributed by atoms with van der Waals surface area (Å²) < 4.78 is 9.05. The summed E-state index contributed by atoms with van der Waals surface area (Å²) in [6.07, 6.45) is 5.34. The van der Waals surface area contributed by atoms with Crippen molar-refractivity contribution in [3.05, 3.63) is 0 Å². The van der Waals surface area contributed by atoms with Gasteiger partial charge in [0.15, 0.2) is 0 Å². The first-order chi connectivity index (χ1) is 13.4. The molecule has 2 heterocycles. The molecule has 2 fully saturated rings. The van der Waals surface area contributed by atoms with Crippen LogP contribution in [0.2, 0.25) is 0 Å². The predicted molar refractivity (Wildman–Crippen MR) is 97.4 cm³/mol. The molecule has 2 aliphatic rings. The molecular formula is C17H29ClN2O8. The van der Waals surface area contributed by atoms with Crippen LogP contribution in [0.1, 0.15) is 46.5 Å². The molecule has 162 valence electrons. The van der Waals surface area contributed by atoms with Crippen molar-refractivity contribution in [1.29, 1.82) is 0 Å². The van der Waals surface area contributed by atoms with Crippen LogP contribution in [0.3, 0.4) is 0 Å². The first-order valence-corrected chi connectivity index (χ1v) is 9.18. The molecule has 0 aromatic carbocycles. The Balaban J connectivity index is -0.000000313. The van der Waals surface area contributed by atoms with Crippen LogP contribution in [0, 0.1) is 0 Å². The molecule has 0 radical (unpaired) electrons. The minimum atomic E-state index is -0.738. The van der Waals surface area contributed by atoms with Gasteiger partial charge < -0.3 is 19.7 Å². The average Bonchev–Trinajstić information content (AvgIpc) is 3.31. The molecular weight excluding hydrogens is 396 g/mol. The minimum Gasteiger partial charge on any atom is -0.454 e. The first kappa shape index (κ1) is 30.5. The van der Waals surface area contributed by atoms with E-state index < -0.39 is 5.43 Å². The highest BCUT2D eigenvalue weighted by Gasteiger charge is 2.25. The van der Waals surface area contributed by atoms with E-state index >= 15 is 0 Å². The lowest BCUT2D eigenvalue weighted by Gasteiger charge is -2.19. The maximum atomic E-state index is 11.2. The molecule has 0 aromatic rings. The lowest BCUT2D eigenvalue weighted by atomic mass is 10.2. The third-order valence-electron chi connectivity index (χ3n) is 3.27. The number of hydrogen-bond acceptors (Lipinski definition) is 9. The molecule has 0 saturated carbocycles. The molecule has 0 aliphatic carbocycles. The van der Waals surface area contributed by atoms with Crippen molar-refractivity contribution in [2.75, 3.05) is 32.8 Å². The molecule has 11 heteroatoms. The van der Waals surface area contributed by atoms with Crippen molar-refractivity contribution in [1.82, 2.24) is 10.2 Å². The summed E-state index contributed by atoms with van der Waals surface area (Å²) in [7, 11) is 0. The van der Waals surface area contributed by atoms with E-state index in [4.69, 9.17) is 35.5 Å². The second-order valence-corrected chi connectivity index (χ2v) is 5.49. The van der Waals surface area contributed by atoms with E-state index in [0.29, 0.717) is 19.3 Å². The zero-order valence-electron chi connectivity index (χ0n) is 16.5. The van der Waals surface area contributed by atoms with E-state index in [9.17, 15) is 9.59 Å². The first-order valence-electron chi connectivity index (χ1n) is 8.80. The number of carbonyl (C=O) groups is 2. The van der Waals surface area contributed by atoms with E-state index in [1.54, 1.807) is 11.8 Å². The molecule has 0 bridgehead atoms. The number of likely N-dealkylation sites (tertiary alicyclic amines) is 1. The smallest absolute Gasteiger partial charge is 0.409 e. The number of nitrogens with one attached hydrogen (secondary N) is 1. The van der Waals surface area contributed by atoms with E-state index in [0.717, 1.165) is 19.4 Å². The van der Waals surface area contributed by atoms with Gasteiger partial charge in [0.05, 0.1) is 13.2 Å². The van der Waals surface area contributed by atoms with Gasteiger partial charge in [0.25, 0.3) is 0 Å². The molecule has 2 rings (SSSR count). The molecule has 0 unspecified atom stereocenters. The summed E-state index contributed by atoms with van der Waals surface area (Å²) in [6.45, 7) is 9.77. The largest absolute Gasteiger partial charge is 0.454 e. The van der Waals surface area contributed by atoms with Crippen LogP contribution in [0.4, 0.5) is 9.59 Å². The third-order valence-corrected chi connectivity index (χ3v) is 3.38. The third kappa shape index (κ3) is 23.8. The maximum absolute atomic E-state index is 11.2. The normalized spacial score (nSPS) is 15.9. The van der Waals surface area contributed by atoms with Crippen LogP contribution in [0.5, 0.6) is 0 Å². The van der Waals surface area contributed by atoms with Crippen LogP contribution in [0.25, 0.3) is 0 Å². The van der Waals surface area contributed by atoms with Crippen LogP contribution in [-0.2, 0) is 28.7 Å². The number of rotatable bonds is 2. The fourth-order valence-electron chi connectivity index (χ4n) is 2.15. The SMILES string of the molecule is C1CCNC1.CCOC(=O)Cl.CCOC(=O)N1CCC[C@H]1C.O=C=O.O=C=O. The molecule has 0 aromatic heterocycles. The number of nitrogens with zero attached hydrogens (tertiary/aromatic N) is 1. The number of hydrogen-bond donors (Lipinski definition) is 1. The van der Waals surface area contributed by atoms with Crippen molar-refractivity contribution in [3.8, 4) is 0 Å². The minimum absolute atomic E-state index is 0.155. The molecule has 28 heavy (non-hydrogen) atoms. The number of amides is 1. The Morgan fingerprint density at radius 1 is 1.00 bits per heavy atom. The van der Waals surface area contributed by atoms with Gasteiger partial charge in [-0.05, 0) is 59.5 Å². The average molecular weight is 425 g/mol. The van der Waals surface area contributed by atoms with Crippen LogP contribution < -0.4 is 5.32 Å².